The van der Waals surface area contributed by atoms with E-state index in [1.54, 1.807) is 0 Å². The van der Waals surface area contributed by atoms with Gasteiger partial charge in [-0.3, -0.25) is 0 Å². The van der Waals surface area contributed by atoms with E-state index in [2.05, 4.69) is 6.92 Å². The van der Waals surface area contributed by atoms with E-state index < -0.39 is 29.5 Å². The van der Waals surface area contributed by atoms with Crippen LogP contribution in [0, 0.1) is 29.3 Å². The van der Waals surface area contributed by atoms with Gasteiger partial charge in [-0.25, -0.2) is 13.2 Å². The standard InChI is InChI=1S/C22H23F5O/c1-2-3-14-4-8-17(9-5-14)22(26,27)28-18-10-6-15(7-11-18)16-12-19(23)21(25)20(24)13-16/h6-7,10-14,17H,2-5,8-9H2,1H3. The van der Waals surface area contributed by atoms with Crippen LogP contribution in [0.4, 0.5) is 22.0 Å². The van der Waals surface area contributed by atoms with E-state index in [1.807, 2.05) is 0 Å². The lowest BCUT2D eigenvalue weighted by molar-refractivity contribution is -0.223. The fourth-order valence-electron chi connectivity index (χ4n) is 3.87. The van der Waals surface area contributed by atoms with Crippen molar-refractivity contribution in [2.24, 2.45) is 11.8 Å². The van der Waals surface area contributed by atoms with Crippen LogP contribution in [-0.4, -0.2) is 6.11 Å². The molecule has 1 nitrogen and oxygen atoms in total. The van der Waals surface area contributed by atoms with Crippen LogP contribution in [0.5, 0.6) is 5.75 Å². The highest BCUT2D eigenvalue weighted by Gasteiger charge is 2.43. The molecule has 1 saturated carbocycles. The molecule has 0 atom stereocenters. The van der Waals surface area contributed by atoms with Crippen LogP contribution in [-0.2, 0) is 0 Å². The predicted molar refractivity (Wildman–Crippen MR) is 97.7 cm³/mol. The molecule has 2 aromatic carbocycles. The SMILES string of the molecule is CCCC1CCC(C(F)(F)Oc2ccc(-c3cc(F)c(F)c(F)c3)cc2)CC1. The molecule has 0 spiro atoms. The highest BCUT2D eigenvalue weighted by molar-refractivity contribution is 5.64. The molecule has 0 unspecified atom stereocenters. The second-order valence-corrected chi connectivity index (χ2v) is 7.45. The van der Waals surface area contributed by atoms with Gasteiger partial charge in [0.25, 0.3) is 0 Å². The number of hydrogen-bond acceptors (Lipinski definition) is 1. The smallest absolute Gasteiger partial charge is 0.400 e. The van der Waals surface area contributed by atoms with Crippen LogP contribution in [0.25, 0.3) is 11.1 Å². The average Bonchev–Trinajstić information content (AvgIpc) is 2.67. The Kier molecular flexibility index (Phi) is 6.26. The molecular weight excluding hydrogens is 375 g/mol. The molecule has 0 aliphatic heterocycles. The minimum absolute atomic E-state index is 0.0208. The number of halogens is 5. The van der Waals surface area contributed by atoms with Crippen LogP contribution >= 0.6 is 0 Å². The summed E-state index contributed by atoms with van der Waals surface area (Å²) in [5.41, 5.74) is 0.484. The van der Waals surface area contributed by atoms with Gasteiger partial charge < -0.3 is 4.74 Å². The van der Waals surface area contributed by atoms with E-state index >= 15 is 0 Å². The Morgan fingerprint density at radius 1 is 0.893 bits per heavy atom. The Morgan fingerprint density at radius 3 is 2.00 bits per heavy atom. The first-order valence-electron chi connectivity index (χ1n) is 9.62. The Balaban J connectivity index is 1.67. The molecule has 2 aromatic rings. The lowest BCUT2D eigenvalue weighted by Crippen LogP contribution is -2.37. The molecule has 0 heterocycles. The molecule has 28 heavy (non-hydrogen) atoms. The normalized spacial score (nSPS) is 20.2. The van der Waals surface area contributed by atoms with E-state index in [9.17, 15) is 22.0 Å². The van der Waals surface area contributed by atoms with Crippen molar-refractivity contribution in [1.29, 1.82) is 0 Å². The van der Waals surface area contributed by atoms with Gasteiger partial charge in [0.05, 0.1) is 5.92 Å². The lowest BCUT2D eigenvalue weighted by Gasteiger charge is -2.33. The van der Waals surface area contributed by atoms with Crippen molar-refractivity contribution in [3.8, 4) is 16.9 Å². The van der Waals surface area contributed by atoms with Gasteiger partial charge in [-0.15, -0.1) is 0 Å². The van der Waals surface area contributed by atoms with Crippen molar-refractivity contribution in [1.82, 2.24) is 0 Å². The largest absolute Gasteiger partial charge is 0.432 e. The van der Waals surface area contributed by atoms with Crippen LogP contribution in [0.15, 0.2) is 36.4 Å². The van der Waals surface area contributed by atoms with Crippen LogP contribution in [0.2, 0.25) is 0 Å². The zero-order valence-corrected chi connectivity index (χ0v) is 15.7. The second kappa shape index (κ2) is 8.50. The minimum atomic E-state index is -3.27. The molecule has 0 bridgehead atoms. The maximum atomic E-state index is 14.5. The summed E-state index contributed by atoms with van der Waals surface area (Å²) >= 11 is 0. The Hall–Kier alpha value is -2.11. The Labute approximate surface area is 161 Å². The third-order valence-electron chi connectivity index (χ3n) is 5.44. The first-order valence-corrected chi connectivity index (χ1v) is 9.62. The summed E-state index contributed by atoms with van der Waals surface area (Å²) in [6.07, 6.45) is 1.32. The maximum absolute atomic E-state index is 14.5. The molecule has 1 aliphatic carbocycles. The zero-order chi connectivity index (χ0) is 20.3. The summed E-state index contributed by atoms with van der Waals surface area (Å²) in [7, 11) is 0. The molecular formula is C22H23F5O. The first-order chi connectivity index (χ1) is 13.3. The van der Waals surface area contributed by atoms with Gasteiger partial charge in [0, 0.05) is 0 Å². The lowest BCUT2D eigenvalue weighted by atomic mass is 9.79. The summed E-state index contributed by atoms with van der Waals surface area (Å²) in [5, 5.41) is 0. The quantitative estimate of drug-likeness (QED) is 0.365. The topological polar surface area (TPSA) is 9.23 Å². The van der Waals surface area contributed by atoms with E-state index in [0.29, 0.717) is 24.3 Å². The Bertz CT molecular complexity index is 772. The zero-order valence-electron chi connectivity index (χ0n) is 15.7. The number of rotatable bonds is 6. The van der Waals surface area contributed by atoms with Crippen molar-refractivity contribution in [2.75, 3.05) is 0 Å². The van der Waals surface area contributed by atoms with Crippen LogP contribution in [0.1, 0.15) is 45.4 Å². The van der Waals surface area contributed by atoms with Crippen molar-refractivity contribution in [3.63, 3.8) is 0 Å². The number of ether oxygens (including phenoxy) is 1. The van der Waals surface area contributed by atoms with Gasteiger partial charge in [-0.1, -0.05) is 31.9 Å². The molecule has 0 radical (unpaired) electrons. The summed E-state index contributed by atoms with van der Waals surface area (Å²) in [6, 6.07) is 7.19. The predicted octanol–water partition coefficient (Wildman–Crippen LogP) is 7.35. The summed E-state index contributed by atoms with van der Waals surface area (Å²) < 4.78 is 73.8. The summed E-state index contributed by atoms with van der Waals surface area (Å²) in [6.45, 7) is 2.10. The molecule has 3 rings (SSSR count). The molecule has 1 fully saturated rings. The van der Waals surface area contributed by atoms with Gasteiger partial charge in [-0.05, 0) is 67.0 Å². The van der Waals surface area contributed by atoms with Crippen molar-refractivity contribution in [2.45, 2.75) is 51.6 Å². The molecule has 0 aromatic heterocycles. The monoisotopic (exact) mass is 398 g/mol. The van der Waals surface area contributed by atoms with Crippen molar-refractivity contribution < 1.29 is 26.7 Å². The van der Waals surface area contributed by atoms with Crippen LogP contribution < -0.4 is 4.74 Å². The Morgan fingerprint density at radius 2 is 1.46 bits per heavy atom. The van der Waals surface area contributed by atoms with Gasteiger partial charge in [0.15, 0.2) is 17.5 Å². The highest BCUT2D eigenvalue weighted by atomic mass is 19.3. The number of benzene rings is 2. The fraction of sp³-hybridized carbons (Fsp3) is 0.455. The van der Waals surface area contributed by atoms with Gasteiger partial charge >= 0.3 is 6.11 Å². The third kappa shape index (κ3) is 4.65. The minimum Gasteiger partial charge on any atom is -0.432 e. The highest BCUT2D eigenvalue weighted by Crippen LogP contribution is 2.41. The van der Waals surface area contributed by atoms with Gasteiger partial charge in [0.2, 0.25) is 0 Å². The number of hydrogen-bond donors (Lipinski definition) is 0. The first kappa shape index (κ1) is 20.6. The van der Waals surface area contributed by atoms with Crippen molar-refractivity contribution in [3.05, 3.63) is 53.8 Å². The van der Waals surface area contributed by atoms with E-state index in [4.69, 9.17) is 4.74 Å². The molecule has 0 N–H and O–H groups in total. The van der Waals surface area contributed by atoms with Gasteiger partial charge in [0.1, 0.15) is 5.75 Å². The van der Waals surface area contributed by atoms with Gasteiger partial charge in [-0.2, -0.15) is 8.78 Å². The number of alkyl halides is 2. The van der Waals surface area contributed by atoms with E-state index in [0.717, 1.165) is 37.8 Å². The van der Waals surface area contributed by atoms with E-state index in [-0.39, 0.29) is 11.3 Å². The molecule has 0 saturated heterocycles. The fourth-order valence-corrected chi connectivity index (χ4v) is 3.87. The molecule has 0 amide bonds. The third-order valence-corrected chi connectivity index (χ3v) is 5.44. The average molecular weight is 398 g/mol. The molecule has 152 valence electrons. The second-order valence-electron chi connectivity index (χ2n) is 7.45. The van der Waals surface area contributed by atoms with E-state index in [1.165, 1.54) is 24.3 Å². The van der Waals surface area contributed by atoms with Crippen LogP contribution in [0.3, 0.4) is 0 Å². The maximum Gasteiger partial charge on any atom is 0.400 e. The summed E-state index contributed by atoms with van der Waals surface area (Å²) in [4.78, 5) is 0. The molecule has 6 heteroatoms. The summed E-state index contributed by atoms with van der Waals surface area (Å²) in [5.74, 6) is -4.47. The van der Waals surface area contributed by atoms with Crippen molar-refractivity contribution >= 4 is 0 Å². The molecule has 1 aliphatic rings.